The van der Waals surface area contributed by atoms with Gasteiger partial charge in [0.15, 0.2) is 23.0 Å². The zero-order valence-corrected chi connectivity index (χ0v) is 22.8. The molecule has 0 saturated carbocycles. The van der Waals surface area contributed by atoms with Crippen LogP contribution in [0, 0.1) is 6.92 Å². The van der Waals surface area contributed by atoms with Gasteiger partial charge in [0.25, 0.3) is 5.91 Å². The number of aliphatic hydroxyl groups is 3. The van der Waals surface area contributed by atoms with Gasteiger partial charge in [-0.2, -0.15) is 0 Å². The van der Waals surface area contributed by atoms with Gasteiger partial charge in [0, 0.05) is 23.4 Å². The van der Waals surface area contributed by atoms with Gasteiger partial charge in [-0.25, -0.2) is 0 Å². The number of nitrogens with one attached hydrogen (secondary N) is 1. The molecule has 0 radical (unpaired) electrons. The first kappa shape index (κ1) is 28.9. The molecule has 4 aromatic rings. The number of ether oxygens (including phenoxy) is 4. The van der Waals surface area contributed by atoms with Crippen LogP contribution in [0.4, 0.5) is 5.69 Å². The van der Waals surface area contributed by atoms with E-state index in [2.05, 4.69) is 5.32 Å². The van der Waals surface area contributed by atoms with Crippen LogP contribution in [0.25, 0.3) is 22.3 Å². The van der Waals surface area contributed by atoms with Crippen LogP contribution in [-0.2, 0) is 9.53 Å². The fourth-order valence-corrected chi connectivity index (χ4v) is 4.65. The van der Waals surface area contributed by atoms with Crippen molar-refractivity contribution in [3.8, 4) is 34.3 Å². The van der Waals surface area contributed by atoms with Gasteiger partial charge in [0.05, 0.1) is 14.2 Å². The highest BCUT2D eigenvalue weighted by Gasteiger charge is 2.48. The van der Waals surface area contributed by atoms with E-state index in [9.17, 15) is 30.0 Å². The second-order valence-electron chi connectivity index (χ2n) is 9.65. The summed E-state index contributed by atoms with van der Waals surface area (Å²) in [6.07, 6.45) is -8.80. The number of aliphatic hydroxyl groups excluding tert-OH is 3. The zero-order valence-electron chi connectivity index (χ0n) is 22.8. The topological polar surface area (TPSA) is 177 Å². The van der Waals surface area contributed by atoms with E-state index in [1.807, 2.05) is 0 Å². The molecule has 0 bridgehead atoms. The smallest absolute Gasteiger partial charge is 0.256 e. The second-order valence-corrected chi connectivity index (χ2v) is 9.65. The number of fused-ring (bicyclic) bond motifs is 1. The van der Waals surface area contributed by atoms with Crippen LogP contribution in [0.5, 0.6) is 23.0 Å². The van der Waals surface area contributed by atoms with Gasteiger partial charge < -0.3 is 49.1 Å². The molecule has 2 heterocycles. The fourth-order valence-electron chi connectivity index (χ4n) is 4.65. The predicted molar refractivity (Wildman–Crippen MR) is 150 cm³/mol. The monoisotopic (exact) mass is 579 g/mol. The zero-order chi connectivity index (χ0) is 30.1. The largest absolute Gasteiger partial charge is 0.504 e. The number of hydrogen-bond acceptors (Lipinski definition) is 11. The molecule has 1 aliphatic rings. The first-order valence-electron chi connectivity index (χ1n) is 12.9. The molecule has 1 fully saturated rings. The van der Waals surface area contributed by atoms with E-state index in [1.54, 1.807) is 55.5 Å². The van der Waals surface area contributed by atoms with Crippen LogP contribution in [0.15, 0.2) is 69.9 Å². The van der Waals surface area contributed by atoms with E-state index >= 15 is 0 Å². The summed E-state index contributed by atoms with van der Waals surface area (Å²) >= 11 is 0. The molecule has 5 atom stereocenters. The van der Waals surface area contributed by atoms with E-state index in [4.69, 9.17) is 23.4 Å². The molecule has 5 rings (SSSR count). The van der Waals surface area contributed by atoms with Gasteiger partial charge in [-0.3, -0.25) is 9.59 Å². The van der Waals surface area contributed by atoms with Gasteiger partial charge in [-0.15, -0.1) is 0 Å². The number of carbonyl (C=O) groups is 1. The molecule has 1 aromatic heterocycles. The Balaban J connectivity index is 1.49. The second kappa shape index (κ2) is 11.7. The maximum Gasteiger partial charge on any atom is 0.256 e. The number of anilines is 1. The Labute approximate surface area is 239 Å². The number of amides is 1. The van der Waals surface area contributed by atoms with Crippen molar-refractivity contribution in [1.29, 1.82) is 0 Å². The molecule has 1 aliphatic heterocycles. The van der Waals surface area contributed by atoms with E-state index in [0.717, 1.165) is 5.56 Å². The Bertz CT molecular complexity index is 1670. The standard InChI is InChI=1S/C30H29NO11/c1-14-6-4-5-7-17(14)31-29(37)28-25(35)24(34)26(36)30(42-28)41-21-13-20-22(23(33)27(21)39-3)18(32)12-19(40-20)15-8-10-16(38-2)11-9-15/h4-13,24-26,28,30,33-36H,1-3H3,(H,31,37). The molecule has 3 aromatic carbocycles. The lowest BCUT2D eigenvalue weighted by atomic mass is 9.98. The van der Waals surface area contributed by atoms with Crippen LogP contribution in [-0.4, -0.2) is 71.3 Å². The molecule has 12 nitrogen and oxygen atoms in total. The van der Waals surface area contributed by atoms with E-state index < -0.39 is 47.8 Å². The third kappa shape index (κ3) is 5.35. The molecular weight excluding hydrogens is 550 g/mol. The average molecular weight is 580 g/mol. The first-order chi connectivity index (χ1) is 20.1. The summed E-state index contributed by atoms with van der Waals surface area (Å²) in [6.45, 7) is 1.77. The summed E-state index contributed by atoms with van der Waals surface area (Å²) in [4.78, 5) is 26.0. The molecule has 0 aliphatic carbocycles. The number of para-hydroxylation sites is 1. The number of rotatable bonds is 7. The Morgan fingerprint density at radius 2 is 1.64 bits per heavy atom. The lowest BCUT2D eigenvalue weighted by molar-refractivity contribution is -0.265. The van der Waals surface area contributed by atoms with Gasteiger partial charge in [-0.1, -0.05) is 18.2 Å². The van der Waals surface area contributed by atoms with Crippen molar-refractivity contribution >= 4 is 22.6 Å². The summed E-state index contributed by atoms with van der Waals surface area (Å²) in [5, 5.41) is 45.1. The number of aryl methyl sites for hydroxylation is 1. The summed E-state index contributed by atoms with van der Waals surface area (Å²) < 4.78 is 27.7. The molecule has 42 heavy (non-hydrogen) atoms. The van der Waals surface area contributed by atoms with Gasteiger partial charge in [0.1, 0.15) is 40.8 Å². The minimum Gasteiger partial charge on any atom is -0.504 e. The van der Waals surface area contributed by atoms with Crippen molar-refractivity contribution in [3.63, 3.8) is 0 Å². The molecule has 1 saturated heterocycles. The molecule has 0 spiro atoms. The lowest BCUT2D eigenvalue weighted by Crippen LogP contribution is -2.62. The number of hydrogen-bond donors (Lipinski definition) is 5. The maximum atomic E-state index is 13.0. The third-order valence-corrected chi connectivity index (χ3v) is 6.97. The van der Waals surface area contributed by atoms with E-state index in [0.29, 0.717) is 17.0 Å². The molecule has 5 N–H and O–H groups in total. The van der Waals surface area contributed by atoms with Crippen molar-refractivity contribution in [2.75, 3.05) is 19.5 Å². The van der Waals surface area contributed by atoms with Crippen molar-refractivity contribution in [3.05, 3.63) is 76.5 Å². The number of benzene rings is 3. The van der Waals surface area contributed by atoms with Crippen molar-refractivity contribution in [1.82, 2.24) is 0 Å². The molecule has 1 amide bonds. The number of phenolic OH excluding ortho intramolecular Hbond substituents is 1. The van der Waals surface area contributed by atoms with Crippen LogP contribution < -0.4 is 25.0 Å². The van der Waals surface area contributed by atoms with E-state index in [1.165, 1.54) is 26.4 Å². The highest BCUT2D eigenvalue weighted by Crippen LogP contribution is 2.43. The molecule has 12 heteroatoms. The Morgan fingerprint density at radius 1 is 0.929 bits per heavy atom. The Hall–Kier alpha value is -4.62. The number of aromatic hydroxyl groups is 1. The SMILES string of the molecule is COc1ccc(-c2cc(=O)c3c(O)c(OC)c(OC4OC(C(=O)Nc5ccccc5C)C(O)C(O)C4O)cc3o2)cc1. The van der Waals surface area contributed by atoms with Gasteiger partial charge in [-0.05, 0) is 42.8 Å². The summed E-state index contributed by atoms with van der Waals surface area (Å²) in [7, 11) is 2.74. The summed E-state index contributed by atoms with van der Waals surface area (Å²) in [6, 6.07) is 16.1. The molecule has 220 valence electrons. The van der Waals surface area contributed by atoms with Crippen LogP contribution in [0.2, 0.25) is 0 Å². The third-order valence-electron chi connectivity index (χ3n) is 6.97. The minimum atomic E-state index is -1.84. The summed E-state index contributed by atoms with van der Waals surface area (Å²) in [5.41, 5.74) is 1.11. The lowest BCUT2D eigenvalue weighted by Gasteiger charge is -2.39. The average Bonchev–Trinajstić information content (AvgIpc) is 2.98. The highest BCUT2D eigenvalue weighted by atomic mass is 16.7. The Morgan fingerprint density at radius 3 is 2.31 bits per heavy atom. The first-order valence-corrected chi connectivity index (χ1v) is 12.9. The predicted octanol–water partition coefficient (Wildman–Crippen LogP) is 2.32. The normalized spacial score (nSPS) is 22.0. The highest BCUT2D eigenvalue weighted by molar-refractivity contribution is 5.95. The number of methoxy groups -OCH3 is 2. The number of carbonyl (C=O) groups excluding carboxylic acids is 1. The van der Waals surface area contributed by atoms with Crippen LogP contribution >= 0.6 is 0 Å². The minimum absolute atomic E-state index is 0.0821. The van der Waals surface area contributed by atoms with Crippen molar-refractivity contribution in [2.24, 2.45) is 0 Å². The van der Waals surface area contributed by atoms with E-state index in [-0.39, 0.29) is 28.2 Å². The van der Waals surface area contributed by atoms with Crippen LogP contribution in [0.3, 0.4) is 0 Å². The summed E-state index contributed by atoms with van der Waals surface area (Å²) in [5.74, 6) is -1.12. The van der Waals surface area contributed by atoms with Crippen molar-refractivity contribution < 1.29 is 48.6 Å². The molecular formula is C30H29NO11. The Kier molecular flexibility index (Phi) is 8.05. The van der Waals surface area contributed by atoms with Crippen molar-refractivity contribution in [2.45, 2.75) is 37.6 Å². The quantitative estimate of drug-likeness (QED) is 0.217. The number of phenols is 1. The van der Waals surface area contributed by atoms with Gasteiger partial charge >= 0.3 is 0 Å². The van der Waals surface area contributed by atoms with Gasteiger partial charge in [0.2, 0.25) is 12.0 Å². The fraction of sp³-hybridized carbons (Fsp3) is 0.267. The molecule has 5 unspecified atom stereocenters. The maximum absolute atomic E-state index is 13.0. The van der Waals surface area contributed by atoms with Crippen LogP contribution in [0.1, 0.15) is 5.56 Å².